The summed E-state index contributed by atoms with van der Waals surface area (Å²) < 4.78 is 7.85. The van der Waals surface area contributed by atoms with Crippen molar-refractivity contribution in [3.63, 3.8) is 0 Å². The van der Waals surface area contributed by atoms with Gasteiger partial charge in [-0.3, -0.25) is 4.99 Å². The van der Waals surface area contributed by atoms with Crippen LogP contribution in [-0.2, 0) is 11.3 Å². The molecule has 1 aromatic heterocycles. The number of nitrogens with zero attached hydrogens (tertiary/aromatic N) is 4. The van der Waals surface area contributed by atoms with Gasteiger partial charge in [0.15, 0.2) is 5.96 Å². The number of benzene rings is 1. The maximum Gasteiger partial charge on any atom is 0.193 e. The Kier molecular flexibility index (Phi) is 6.39. The smallest absolute Gasteiger partial charge is 0.193 e. The highest BCUT2D eigenvalue weighted by atomic mass is 127. The van der Waals surface area contributed by atoms with Gasteiger partial charge in [-0.15, -0.1) is 24.0 Å². The van der Waals surface area contributed by atoms with E-state index in [1.165, 1.54) is 18.4 Å². The Balaban J connectivity index is 0.00000196. The van der Waals surface area contributed by atoms with Crippen molar-refractivity contribution >= 4 is 41.0 Å². The van der Waals surface area contributed by atoms with E-state index in [4.69, 9.17) is 4.74 Å². The van der Waals surface area contributed by atoms with Crippen molar-refractivity contribution in [1.82, 2.24) is 19.8 Å². The normalized spacial score (nSPS) is 23.0. The van der Waals surface area contributed by atoms with E-state index in [0.717, 1.165) is 57.3 Å². The molecule has 7 heteroatoms. The molecule has 3 heterocycles. The molecule has 1 aromatic carbocycles. The molecule has 1 unspecified atom stereocenters. The topological polar surface area (TPSA) is 54.7 Å². The maximum atomic E-state index is 5.62. The molecule has 0 bridgehead atoms. The van der Waals surface area contributed by atoms with E-state index in [-0.39, 0.29) is 24.0 Å². The molecule has 2 saturated heterocycles. The molecule has 1 spiro atoms. The van der Waals surface area contributed by atoms with Crippen LogP contribution in [-0.4, -0.2) is 60.3 Å². The summed E-state index contributed by atoms with van der Waals surface area (Å²) >= 11 is 0. The van der Waals surface area contributed by atoms with Crippen molar-refractivity contribution < 1.29 is 4.74 Å². The third-order valence-electron chi connectivity index (χ3n) is 5.52. The van der Waals surface area contributed by atoms with Crippen LogP contribution in [0.4, 0.5) is 0 Å². The molecule has 2 aliphatic heterocycles. The summed E-state index contributed by atoms with van der Waals surface area (Å²) in [6.45, 7) is 5.85. The summed E-state index contributed by atoms with van der Waals surface area (Å²) in [4.78, 5) is 11.3. The second kappa shape index (κ2) is 8.56. The Morgan fingerprint density at radius 3 is 3.04 bits per heavy atom. The summed E-state index contributed by atoms with van der Waals surface area (Å²) in [5, 5.41) is 3.53. The lowest BCUT2D eigenvalue weighted by Gasteiger charge is -2.25. The minimum Gasteiger partial charge on any atom is -0.381 e. The van der Waals surface area contributed by atoms with Gasteiger partial charge in [-0.25, -0.2) is 4.98 Å². The maximum absolute atomic E-state index is 5.62. The minimum absolute atomic E-state index is 0. The van der Waals surface area contributed by atoms with Gasteiger partial charge in [-0.2, -0.15) is 0 Å². The van der Waals surface area contributed by atoms with E-state index in [1.54, 1.807) is 0 Å². The van der Waals surface area contributed by atoms with Crippen molar-refractivity contribution in [2.45, 2.75) is 25.8 Å². The molecular weight excluding hydrogens is 441 g/mol. The van der Waals surface area contributed by atoms with Crippen LogP contribution in [0.3, 0.4) is 0 Å². The molecule has 26 heavy (non-hydrogen) atoms. The van der Waals surface area contributed by atoms with E-state index in [2.05, 4.69) is 43.0 Å². The number of aryl methyl sites for hydroxylation is 1. The molecule has 142 valence electrons. The highest BCUT2D eigenvalue weighted by molar-refractivity contribution is 14.0. The number of likely N-dealkylation sites (tertiary alicyclic amines) is 1. The minimum atomic E-state index is 0. The van der Waals surface area contributed by atoms with Crippen LogP contribution in [0.5, 0.6) is 0 Å². The number of ether oxygens (including phenoxy) is 1. The summed E-state index contributed by atoms with van der Waals surface area (Å²) in [6, 6.07) is 8.28. The van der Waals surface area contributed by atoms with Crippen molar-refractivity contribution in [1.29, 1.82) is 0 Å². The molecule has 0 radical (unpaired) electrons. The summed E-state index contributed by atoms with van der Waals surface area (Å²) in [7, 11) is 1.88. The van der Waals surface area contributed by atoms with Crippen LogP contribution in [0.25, 0.3) is 11.0 Å². The van der Waals surface area contributed by atoms with Crippen molar-refractivity contribution in [3.8, 4) is 0 Å². The predicted molar refractivity (Wildman–Crippen MR) is 115 cm³/mol. The van der Waals surface area contributed by atoms with Gasteiger partial charge >= 0.3 is 0 Å². The Hall–Kier alpha value is -1.35. The zero-order valence-corrected chi connectivity index (χ0v) is 17.7. The Bertz CT molecular complexity index is 753. The molecule has 0 amide bonds. The van der Waals surface area contributed by atoms with Gasteiger partial charge in [0.25, 0.3) is 0 Å². The first-order valence-electron chi connectivity index (χ1n) is 9.23. The molecule has 1 atom stereocenters. The van der Waals surface area contributed by atoms with Gasteiger partial charge in [-0.05, 0) is 31.4 Å². The quantitative estimate of drug-likeness (QED) is 0.324. The molecule has 4 rings (SSSR count). The SMILES string of the molecule is CN=C(NCCCn1cnc2ccccc21)N1CCC2(CCOC2)C1.I. The molecule has 1 N–H and O–H groups in total. The van der Waals surface area contributed by atoms with Crippen LogP contribution in [0.15, 0.2) is 35.6 Å². The number of imidazole rings is 1. The number of guanidine groups is 1. The van der Waals surface area contributed by atoms with E-state index >= 15 is 0 Å². The van der Waals surface area contributed by atoms with Crippen molar-refractivity contribution in [2.24, 2.45) is 10.4 Å². The standard InChI is InChI=1S/C19H27N5O.HI/c1-20-18(23-11-7-19(13-23)8-12-25-14-19)21-9-4-10-24-15-22-16-5-2-3-6-17(16)24;/h2-3,5-6,15H,4,7-14H2,1H3,(H,20,21);1H. The largest absolute Gasteiger partial charge is 0.381 e. The molecule has 2 fully saturated rings. The Morgan fingerprint density at radius 2 is 2.23 bits per heavy atom. The first-order valence-corrected chi connectivity index (χ1v) is 9.23. The number of hydrogen-bond donors (Lipinski definition) is 1. The van der Waals surface area contributed by atoms with Crippen molar-refractivity contribution in [2.75, 3.05) is 39.9 Å². The highest BCUT2D eigenvalue weighted by Crippen LogP contribution is 2.38. The zero-order valence-electron chi connectivity index (χ0n) is 15.4. The van der Waals surface area contributed by atoms with E-state index in [1.807, 2.05) is 19.4 Å². The lowest BCUT2D eigenvalue weighted by molar-refractivity contribution is 0.156. The summed E-state index contributed by atoms with van der Waals surface area (Å²) in [6.07, 6.45) is 5.38. The third-order valence-corrected chi connectivity index (χ3v) is 5.52. The number of rotatable bonds is 4. The highest BCUT2D eigenvalue weighted by Gasteiger charge is 2.42. The van der Waals surface area contributed by atoms with E-state index < -0.39 is 0 Å². The number of aromatic nitrogens is 2. The van der Waals surface area contributed by atoms with Gasteiger partial charge < -0.3 is 19.5 Å². The summed E-state index contributed by atoms with van der Waals surface area (Å²) in [5.74, 6) is 1.03. The second-order valence-electron chi connectivity index (χ2n) is 7.23. The van der Waals surface area contributed by atoms with Gasteiger partial charge in [0.2, 0.25) is 0 Å². The number of hydrogen-bond acceptors (Lipinski definition) is 3. The van der Waals surface area contributed by atoms with Crippen LogP contribution in [0.1, 0.15) is 19.3 Å². The fourth-order valence-electron chi connectivity index (χ4n) is 4.06. The first kappa shape index (κ1) is 19.4. The monoisotopic (exact) mass is 469 g/mol. The summed E-state index contributed by atoms with van der Waals surface area (Å²) in [5.41, 5.74) is 2.63. The Labute approximate surface area is 172 Å². The lowest BCUT2D eigenvalue weighted by atomic mass is 9.87. The molecule has 6 nitrogen and oxygen atoms in total. The number of nitrogens with one attached hydrogen (secondary N) is 1. The van der Waals surface area contributed by atoms with Gasteiger partial charge in [0.05, 0.1) is 24.0 Å². The number of aliphatic imine (C=N–C) groups is 1. The average Bonchev–Trinajstić information content (AvgIpc) is 3.37. The first-order chi connectivity index (χ1) is 12.3. The molecule has 2 aliphatic rings. The number of halogens is 1. The fraction of sp³-hybridized carbons (Fsp3) is 0.579. The fourth-order valence-corrected chi connectivity index (χ4v) is 4.06. The Morgan fingerprint density at radius 1 is 1.35 bits per heavy atom. The predicted octanol–water partition coefficient (Wildman–Crippen LogP) is 2.73. The van der Waals surface area contributed by atoms with E-state index in [0.29, 0.717) is 5.41 Å². The third kappa shape index (κ3) is 3.98. The van der Waals surface area contributed by atoms with Crippen LogP contribution < -0.4 is 5.32 Å². The van der Waals surface area contributed by atoms with Gasteiger partial charge in [0.1, 0.15) is 0 Å². The van der Waals surface area contributed by atoms with Crippen molar-refractivity contribution in [3.05, 3.63) is 30.6 Å². The zero-order chi connectivity index (χ0) is 17.1. The molecule has 2 aromatic rings. The lowest BCUT2D eigenvalue weighted by Crippen LogP contribution is -2.41. The van der Waals surface area contributed by atoms with Crippen LogP contribution >= 0.6 is 24.0 Å². The van der Waals surface area contributed by atoms with E-state index in [9.17, 15) is 0 Å². The molecular formula is C19H28IN5O. The van der Waals surface area contributed by atoms with Gasteiger partial charge in [-0.1, -0.05) is 12.1 Å². The number of para-hydroxylation sites is 2. The van der Waals surface area contributed by atoms with Gasteiger partial charge in [0, 0.05) is 45.2 Å². The average molecular weight is 469 g/mol. The van der Waals surface area contributed by atoms with Crippen LogP contribution in [0, 0.1) is 5.41 Å². The molecule has 0 aliphatic carbocycles. The number of fused-ring (bicyclic) bond motifs is 1. The second-order valence-corrected chi connectivity index (χ2v) is 7.23. The molecule has 0 saturated carbocycles. The van der Waals surface area contributed by atoms with Crippen LogP contribution in [0.2, 0.25) is 0 Å².